The van der Waals surface area contributed by atoms with Crippen molar-refractivity contribution in [1.29, 1.82) is 0 Å². The van der Waals surface area contributed by atoms with Gasteiger partial charge in [0.2, 0.25) is 0 Å². The second-order valence-electron chi connectivity index (χ2n) is 24.6. The summed E-state index contributed by atoms with van der Waals surface area (Å²) in [7, 11) is 0. The number of fused-ring (bicyclic) bond motifs is 13. The van der Waals surface area contributed by atoms with Crippen LogP contribution in [-0.4, -0.2) is 0 Å². The van der Waals surface area contributed by atoms with Gasteiger partial charge in [-0.15, -0.1) is 0 Å². The minimum absolute atomic E-state index is 0.102. The Morgan fingerprint density at radius 2 is 0.939 bits per heavy atom. The van der Waals surface area contributed by atoms with E-state index in [4.69, 9.17) is 13.6 Å². The van der Waals surface area contributed by atoms with Crippen LogP contribution in [0.25, 0.3) is 87.7 Å². The molecule has 15 rings (SSSR count). The molecule has 0 fully saturated rings. The third kappa shape index (κ3) is 7.74. The van der Waals surface area contributed by atoms with Crippen molar-refractivity contribution in [3.05, 3.63) is 265 Å². The number of para-hydroxylation sites is 5. The fourth-order valence-corrected chi connectivity index (χ4v) is 13.3. The first-order valence-electron chi connectivity index (χ1n) is 28.7. The molecule has 82 heavy (non-hydrogen) atoms. The number of furan rings is 2. The molecule has 0 saturated carbocycles. The van der Waals surface area contributed by atoms with Crippen LogP contribution >= 0.6 is 0 Å². The Hall–Kier alpha value is -9.58. The predicted octanol–water partition coefficient (Wildman–Crippen LogP) is 21.9. The van der Waals surface area contributed by atoms with Crippen molar-refractivity contribution in [3.63, 3.8) is 0 Å². The van der Waals surface area contributed by atoms with Gasteiger partial charge < -0.3 is 23.4 Å². The summed E-state index contributed by atoms with van der Waals surface area (Å²) in [5.41, 5.74) is 17.3. The Labute approximate surface area is 478 Å². The SMILES string of the molecule is CC(C)(C)c1cccc2c1OC1=C(N(c3ccc4c(ccc5oc6ccc7cc(N(c8ccccc8-c8ccccc8)c8cccc9c8oc8c(C(C)(C)C)cccc89)ccc7c6c54)c3)c3ccccc3-c3ccccc3)C=CCC12C. The molecule has 0 saturated heterocycles. The summed E-state index contributed by atoms with van der Waals surface area (Å²) in [5, 5.41) is 8.85. The van der Waals surface area contributed by atoms with Gasteiger partial charge in [-0.3, -0.25) is 0 Å². The molecule has 1 aliphatic carbocycles. The Balaban J connectivity index is 0.916. The van der Waals surface area contributed by atoms with Gasteiger partial charge in [0.05, 0.1) is 28.2 Å². The van der Waals surface area contributed by atoms with Crippen molar-refractivity contribution < 1.29 is 13.6 Å². The van der Waals surface area contributed by atoms with Gasteiger partial charge in [-0.25, -0.2) is 0 Å². The molecule has 1 aliphatic heterocycles. The molecule has 0 spiro atoms. The maximum atomic E-state index is 7.29. The quantitative estimate of drug-likeness (QED) is 0.152. The number of nitrogens with zero attached hydrogens (tertiary/aromatic N) is 2. The molecular formula is C77H62N2O3. The van der Waals surface area contributed by atoms with E-state index >= 15 is 0 Å². The lowest BCUT2D eigenvalue weighted by molar-refractivity contribution is 0.363. The van der Waals surface area contributed by atoms with Gasteiger partial charge in [0.1, 0.15) is 28.3 Å². The van der Waals surface area contributed by atoms with E-state index in [1.807, 2.05) is 0 Å². The first kappa shape index (κ1) is 49.5. The second kappa shape index (κ2) is 18.5. The zero-order valence-electron chi connectivity index (χ0n) is 47.3. The van der Waals surface area contributed by atoms with Crippen LogP contribution in [0.15, 0.2) is 257 Å². The molecule has 11 aromatic carbocycles. The molecule has 0 radical (unpaired) electrons. The molecule has 2 aliphatic rings. The van der Waals surface area contributed by atoms with Crippen LogP contribution in [0.5, 0.6) is 5.75 Å². The number of rotatable bonds is 8. The van der Waals surface area contributed by atoms with Gasteiger partial charge in [0, 0.05) is 60.7 Å². The van der Waals surface area contributed by atoms with Crippen LogP contribution in [0, 0.1) is 0 Å². The van der Waals surface area contributed by atoms with Crippen molar-refractivity contribution in [2.45, 2.75) is 71.1 Å². The first-order chi connectivity index (χ1) is 39.8. The molecule has 3 heterocycles. The highest BCUT2D eigenvalue weighted by Gasteiger charge is 2.47. The molecule has 0 bridgehead atoms. The highest BCUT2D eigenvalue weighted by Crippen LogP contribution is 2.56. The Bertz CT molecular complexity index is 4790. The first-order valence-corrected chi connectivity index (χ1v) is 28.7. The molecule has 2 aromatic heterocycles. The molecule has 13 aromatic rings. The van der Waals surface area contributed by atoms with Crippen LogP contribution in [0.3, 0.4) is 0 Å². The summed E-state index contributed by atoms with van der Waals surface area (Å²) in [6, 6.07) is 81.2. The van der Waals surface area contributed by atoms with E-state index in [1.165, 1.54) is 16.7 Å². The number of allylic oxidation sites excluding steroid dienone is 3. The third-order valence-corrected chi connectivity index (χ3v) is 17.3. The fourth-order valence-electron chi connectivity index (χ4n) is 13.3. The van der Waals surface area contributed by atoms with Crippen molar-refractivity contribution in [2.75, 3.05) is 9.80 Å². The minimum Gasteiger partial charge on any atom is -0.458 e. The van der Waals surface area contributed by atoms with Gasteiger partial charge >= 0.3 is 0 Å². The number of hydrogen-bond donors (Lipinski definition) is 0. The molecule has 5 nitrogen and oxygen atoms in total. The normalized spacial score (nSPS) is 15.3. The zero-order chi connectivity index (χ0) is 55.6. The number of benzene rings is 11. The second-order valence-corrected chi connectivity index (χ2v) is 24.6. The van der Waals surface area contributed by atoms with Gasteiger partial charge in [-0.2, -0.15) is 0 Å². The Morgan fingerprint density at radius 3 is 1.55 bits per heavy atom. The summed E-state index contributed by atoms with van der Waals surface area (Å²) in [6.45, 7) is 15.9. The largest absolute Gasteiger partial charge is 0.458 e. The van der Waals surface area contributed by atoms with Gasteiger partial charge in [0.15, 0.2) is 5.58 Å². The summed E-state index contributed by atoms with van der Waals surface area (Å²) in [4.78, 5) is 4.82. The smallest absolute Gasteiger partial charge is 0.159 e. The molecular weight excluding hydrogens is 1000 g/mol. The third-order valence-electron chi connectivity index (χ3n) is 17.3. The number of anilines is 5. The van der Waals surface area contributed by atoms with Gasteiger partial charge in [-0.05, 0) is 118 Å². The van der Waals surface area contributed by atoms with E-state index in [0.717, 1.165) is 140 Å². The highest BCUT2D eigenvalue weighted by atomic mass is 16.5. The topological polar surface area (TPSA) is 42.0 Å². The zero-order valence-corrected chi connectivity index (χ0v) is 47.3. The van der Waals surface area contributed by atoms with Crippen molar-refractivity contribution in [1.82, 2.24) is 0 Å². The Morgan fingerprint density at radius 1 is 0.427 bits per heavy atom. The lowest BCUT2D eigenvalue weighted by Gasteiger charge is -2.35. The van der Waals surface area contributed by atoms with Crippen molar-refractivity contribution >= 4 is 93.9 Å². The van der Waals surface area contributed by atoms with Crippen LogP contribution < -0.4 is 14.5 Å². The molecule has 0 N–H and O–H groups in total. The Kier molecular flexibility index (Phi) is 11.1. The van der Waals surface area contributed by atoms with Gasteiger partial charge in [-0.1, -0.05) is 217 Å². The maximum absolute atomic E-state index is 7.29. The lowest BCUT2D eigenvalue weighted by atomic mass is 9.74. The molecule has 0 amide bonds. The number of ether oxygens (including phenoxy) is 1. The van der Waals surface area contributed by atoms with Crippen LogP contribution in [0.2, 0.25) is 0 Å². The summed E-state index contributed by atoms with van der Waals surface area (Å²) >= 11 is 0. The maximum Gasteiger partial charge on any atom is 0.159 e. The van der Waals surface area contributed by atoms with Crippen LogP contribution in [0.4, 0.5) is 28.4 Å². The monoisotopic (exact) mass is 1060 g/mol. The molecule has 1 atom stereocenters. The van der Waals surface area contributed by atoms with E-state index in [0.29, 0.717) is 0 Å². The van der Waals surface area contributed by atoms with E-state index in [-0.39, 0.29) is 16.2 Å². The van der Waals surface area contributed by atoms with Crippen molar-refractivity contribution in [2.24, 2.45) is 0 Å². The number of hydrogen-bond acceptors (Lipinski definition) is 5. The summed E-state index contributed by atoms with van der Waals surface area (Å²) in [6.07, 6.45) is 5.45. The average molecular weight is 1060 g/mol. The lowest BCUT2D eigenvalue weighted by Crippen LogP contribution is -2.30. The predicted molar refractivity (Wildman–Crippen MR) is 343 cm³/mol. The molecule has 1 unspecified atom stereocenters. The average Bonchev–Trinajstić information content (AvgIpc) is 4.23. The summed E-state index contributed by atoms with van der Waals surface area (Å²) < 4.78 is 21.2. The van der Waals surface area contributed by atoms with E-state index in [2.05, 4.69) is 295 Å². The molecule has 398 valence electrons. The van der Waals surface area contributed by atoms with Crippen molar-refractivity contribution in [3.8, 4) is 28.0 Å². The van der Waals surface area contributed by atoms with E-state index < -0.39 is 0 Å². The fraction of sp³-hybridized carbons (Fsp3) is 0.143. The minimum atomic E-state index is -0.362. The standard InChI is InChI=1S/C77H62N2O3/c1-75(2,3)60-30-18-28-58-59-29-19-35-65(72(59)81-71(58)60)78(63-33-16-14-26-54(63)48-22-10-8-11-23-48)52-39-41-56-50(46-52)37-43-67-69(56)70-57-42-40-53(47-51(57)38-44-68(70)80-67)79(64-34-17-15-27-55(64)49-24-12-9-13-25-49)66-36-21-45-77(7)62-32-20-31-61(76(4,5)6)73(62)82-74(66)77/h8-44,46-47H,45H2,1-7H3. The van der Waals surface area contributed by atoms with Crippen LogP contribution in [-0.2, 0) is 16.2 Å². The van der Waals surface area contributed by atoms with Crippen LogP contribution in [0.1, 0.15) is 71.6 Å². The van der Waals surface area contributed by atoms with E-state index in [1.54, 1.807) is 0 Å². The molecule has 5 heteroatoms. The highest BCUT2D eigenvalue weighted by molar-refractivity contribution is 6.27. The van der Waals surface area contributed by atoms with Gasteiger partial charge in [0.25, 0.3) is 0 Å². The van der Waals surface area contributed by atoms with E-state index in [9.17, 15) is 0 Å². The summed E-state index contributed by atoms with van der Waals surface area (Å²) in [5.74, 6) is 1.96.